The van der Waals surface area contributed by atoms with Gasteiger partial charge >= 0.3 is 0 Å². The smallest absolute Gasteiger partial charge is 0.251 e. The monoisotopic (exact) mass is 426 g/mol. The summed E-state index contributed by atoms with van der Waals surface area (Å²) in [7, 11) is 0. The van der Waals surface area contributed by atoms with Gasteiger partial charge < -0.3 is 10.2 Å². The van der Waals surface area contributed by atoms with E-state index in [1.54, 1.807) is 0 Å². The molecule has 1 heterocycles. The number of hydrogen-bond donors (Lipinski definition) is 1. The van der Waals surface area contributed by atoms with E-state index < -0.39 is 0 Å². The summed E-state index contributed by atoms with van der Waals surface area (Å²) in [5, 5.41) is 3.02. The van der Waals surface area contributed by atoms with Crippen LogP contribution in [0.4, 0.5) is 0 Å². The maximum absolute atomic E-state index is 13.9. The quantitative estimate of drug-likeness (QED) is 0.577. The molecule has 4 nitrogen and oxygen atoms in total. The Labute approximate surface area is 190 Å². The molecule has 0 aromatic heterocycles. The number of nitrogens with zero attached hydrogens (tertiary/aromatic N) is 1. The molecule has 1 aliphatic heterocycles. The molecule has 32 heavy (non-hydrogen) atoms. The minimum Gasteiger partial charge on any atom is -0.352 e. The topological polar surface area (TPSA) is 49.4 Å². The molecule has 2 amide bonds. The maximum Gasteiger partial charge on any atom is 0.251 e. The molecule has 4 heteroatoms. The highest BCUT2D eigenvalue weighted by atomic mass is 16.2. The number of hydrogen-bond acceptors (Lipinski definition) is 2. The Kier molecular flexibility index (Phi) is 7.34. The summed E-state index contributed by atoms with van der Waals surface area (Å²) >= 11 is 0. The number of likely N-dealkylation sites (tertiary alicyclic amines) is 1. The van der Waals surface area contributed by atoms with Crippen LogP contribution >= 0.6 is 0 Å². The lowest BCUT2D eigenvalue weighted by Crippen LogP contribution is -2.47. The van der Waals surface area contributed by atoms with Gasteiger partial charge in [0.05, 0.1) is 5.92 Å². The summed E-state index contributed by atoms with van der Waals surface area (Å²) in [5.41, 5.74) is 2.70. The van der Waals surface area contributed by atoms with Crippen LogP contribution in [0.2, 0.25) is 0 Å². The number of nitrogens with one attached hydrogen (secondary N) is 1. The zero-order valence-corrected chi connectivity index (χ0v) is 18.3. The highest BCUT2D eigenvalue weighted by molar-refractivity contribution is 5.94. The van der Waals surface area contributed by atoms with Gasteiger partial charge in [-0.3, -0.25) is 9.59 Å². The van der Waals surface area contributed by atoms with Crippen LogP contribution < -0.4 is 5.32 Å². The third-order valence-electron chi connectivity index (χ3n) is 6.22. The van der Waals surface area contributed by atoms with Gasteiger partial charge in [0.1, 0.15) is 0 Å². The lowest BCUT2D eigenvalue weighted by atomic mass is 9.88. The van der Waals surface area contributed by atoms with Crippen molar-refractivity contribution in [3.05, 3.63) is 108 Å². The van der Waals surface area contributed by atoms with E-state index >= 15 is 0 Å². The maximum atomic E-state index is 13.9. The van der Waals surface area contributed by atoms with E-state index in [0.29, 0.717) is 12.1 Å². The zero-order valence-electron chi connectivity index (χ0n) is 18.3. The number of rotatable bonds is 7. The SMILES string of the molecule is O=C(NCCC1CCCCN1C(=O)C(c1ccccc1)c1ccccc1)c1ccccc1. The van der Waals surface area contributed by atoms with Crippen molar-refractivity contribution in [1.82, 2.24) is 10.2 Å². The number of carbonyl (C=O) groups excluding carboxylic acids is 2. The Hall–Kier alpha value is -3.40. The van der Waals surface area contributed by atoms with E-state index in [0.717, 1.165) is 43.4 Å². The third-order valence-corrected chi connectivity index (χ3v) is 6.22. The molecule has 1 fully saturated rings. The van der Waals surface area contributed by atoms with Gasteiger partial charge in [0.2, 0.25) is 5.91 Å². The predicted molar refractivity (Wildman–Crippen MR) is 127 cm³/mol. The minimum atomic E-state index is -0.308. The van der Waals surface area contributed by atoms with E-state index in [4.69, 9.17) is 0 Å². The summed E-state index contributed by atoms with van der Waals surface area (Å²) in [6.07, 6.45) is 3.88. The zero-order chi connectivity index (χ0) is 22.2. The second-order valence-corrected chi connectivity index (χ2v) is 8.35. The van der Waals surface area contributed by atoms with Crippen molar-refractivity contribution in [2.75, 3.05) is 13.1 Å². The molecule has 1 atom stereocenters. The molecule has 3 aromatic carbocycles. The molecule has 1 saturated heterocycles. The van der Waals surface area contributed by atoms with Gasteiger partial charge in [0, 0.05) is 24.7 Å². The molecular formula is C28H30N2O2. The van der Waals surface area contributed by atoms with Gasteiger partial charge in [0.15, 0.2) is 0 Å². The second kappa shape index (κ2) is 10.8. The van der Waals surface area contributed by atoms with Crippen molar-refractivity contribution in [2.24, 2.45) is 0 Å². The van der Waals surface area contributed by atoms with Crippen molar-refractivity contribution in [2.45, 2.75) is 37.6 Å². The van der Waals surface area contributed by atoms with Crippen molar-refractivity contribution >= 4 is 11.8 Å². The number of carbonyl (C=O) groups is 2. The summed E-state index contributed by atoms with van der Waals surface area (Å²) < 4.78 is 0. The average Bonchev–Trinajstić information content (AvgIpc) is 2.86. The van der Waals surface area contributed by atoms with Gasteiger partial charge in [-0.2, -0.15) is 0 Å². The van der Waals surface area contributed by atoms with Crippen LogP contribution in [-0.4, -0.2) is 35.8 Å². The Morgan fingerprint density at radius 3 is 1.97 bits per heavy atom. The summed E-state index contributed by atoms with van der Waals surface area (Å²) in [5.74, 6) is -0.218. The summed E-state index contributed by atoms with van der Waals surface area (Å²) in [4.78, 5) is 28.3. The molecule has 0 bridgehead atoms. The first-order valence-electron chi connectivity index (χ1n) is 11.5. The number of benzene rings is 3. The van der Waals surface area contributed by atoms with Crippen molar-refractivity contribution in [3.8, 4) is 0 Å². The lowest BCUT2D eigenvalue weighted by Gasteiger charge is -2.38. The molecule has 0 saturated carbocycles. The van der Waals surface area contributed by atoms with Gasteiger partial charge in [-0.05, 0) is 48.9 Å². The Bertz CT molecular complexity index is 966. The van der Waals surface area contributed by atoms with Crippen LogP contribution in [-0.2, 0) is 4.79 Å². The molecule has 3 aromatic rings. The van der Waals surface area contributed by atoms with Crippen molar-refractivity contribution in [3.63, 3.8) is 0 Å². The molecule has 0 aliphatic carbocycles. The summed E-state index contributed by atoms with van der Waals surface area (Å²) in [6, 6.07) is 29.5. The highest BCUT2D eigenvalue weighted by Gasteiger charge is 2.33. The number of amides is 2. The average molecular weight is 427 g/mol. The van der Waals surface area contributed by atoms with Crippen LogP contribution in [0.25, 0.3) is 0 Å². The van der Waals surface area contributed by atoms with Crippen LogP contribution in [0, 0.1) is 0 Å². The van der Waals surface area contributed by atoms with Gasteiger partial charge in [-0.1, -0.05) is 78.9 Å². The molecule has 0 radical (unpaired) electrons. The first kappa shape index (κ1) is 21.8. The molecule has 1 aliphatic rings. The summed E-state index contributed by atoms with van der Waals surface area (Å²) in [6.45, 7) is 1.33. The molecule has 0 spiro atoms. The highest BCUT2D eigenvalue weighted by Crippen LogP contribution is 2.30. The van der Waals surface area contributed by atoms with Gasteiger partial charge in [-0.25, -0.2) is 0 Å². The van der Waals surface area contributed by atoms with E-state index in [1.165, 1.54) is 0 Å². The molecule has 4 rings (SSSR count). The molecule has 1 N–H and O–H groups in total. The van der Waals surface area contributed by atoms with E-state index in [-0.39, 0.29) is 23.8 Å². The third kappa shape index (κ3) is 5.25. The fourth-order valence-electron chi connectivity index (χ4n) is 4.57. The van der Waals surface area contributed by atoms with Gasteiger partial charge in [-0.15, -0.1) is 0 Å². The largest absolute Gasteiger partial charge is 0.352 e. The first-order chi connectivity index (χ1) is 15.7. The van der Waals surface area contributed by atoms with Crippen LogP contribution in [0.3, 0.4) is 0 Å². The minimum absolute atomic E-state index is 0.0641. The first-order valence-corrected chi connectivity index (χ1v) is 11.5. The van der Waals surface area contributed by atoms with Gasteiger partial charge in [0.25, 0.3) is 5.91 Å². The fourth-order valence-corrected chi connectivity index (χ4v) is 4.57. The fraction of sp³-hybridized carbons (Fsp3) is 0.286. The molecule has 1 unspecified atom stereocenters. The number of piperidine rings is 1. The van der Waals surface area contributed by atoms with Crippen molar-refractivity contribution < 1.29 is 9.59 Å². The standard InChI is InChI=1S/C28H30N2O2/c31-27(24-16-8-3-9-17-24)29-20-19-25-18-10-11-21-30(25)28(32)26(22-12-4-1-5-13-22)23-14-6-2-7-15-23/h1-9,12-17,25-26H,10-11,18-21H2,(H,29,31). The second-order valence-electron chi connectivity index (χ2n) is 8.35. The van der Waals surface area contributed by atoms with E-state index in [2.05, 4.69) is 10.2 Å². The van der Waals surface area contributed by atoms with E-state index in [1.807, 2.05) is 91.0 Å². The Morgan fingerprint density at radius 2 is 1.38 bits per heavy atom. The molecule has 164 valence electrons. The van der Waals surface area contributed by atoms with Crippen LogP contribution in [0.1, 0.15) is 53.1 Å². The van der Waals surface area contributed by atoms with Crippen LogP contribution in [0.5, 0.6) is 0 Å². The lowest BCUT2D eigenvalue weighted by molar-refractivity contribution is -0.135. The Morgan fingerprint density at radius 1 is 0.812 bits per heavy atom. The predicted octanol–water partition coefficient (Wildman–Crippen LogP) is 5.02. The molecular weight excluding hydrogens is 396 g/mol. The van der Waals surface area contributed by atoms with Crippen molar-refractivity contribution in [1.29, 1.82) is 0 Å². The Balaban J connectivity index is 1.48. The van der Waals surface area contributed by atoms with Crippen LogP contribution in [0.15, 0.2) is 91.0 Å². The van der Waals surface area contributed by atoms with E-state index in [9.17, 15) is 9.59 Å². The normalized spacial score (nSPS) is 16.0.